The van der Waals surface area contributed by atoms with Gasteiger partial charge in [0, 0.05) is 36.6 Å². The van der Waals surface area contributed by atoms with Crippen LogP contribution in [-0.2, 0) is 0 Å². The van der Waals surface area contributed by atoms with Gasteiger partial charge in [-0.25, -0.2) is 0 Å². The zero-order valence-electron chi connectivity index (χ0n) is 26.5. The fourth-order valence-electron chi connectivity index (χ4n) is 7.40. The smallest absolute Gasteiger partial charge is 0.159 e. The number of fused-ring (bicyclic) bond motifs is 7. The Hall–Kier alpha value is -6.16. The summed E-state index contributed by atoms with van der Waals surface area (Å²) in [4.78, 5) is 2.38. The van der Waals surface area contributed by atoms with Gasteiger partial charge in [-0.05, 0) is 81.6 Å². The van der Waals surface area contributed by atoms with Crippen molar-refractivity contribution in [1.82, 2.24) is 0 Å². The van der Waals surface area contributed by atoms with Gasteiger partial charge in [0.1, 0.15) is 5.58 Å². The van der Waals surface area contributed by atoms with Crippen LogP contribution in [0, 0.1) is 0 Å². The van der Waals surface area contributed by atoms with Crippen molar-refractivity contribution in [2.45, 2.75) is 0 Å². The zero-order chi connectivity index (χ0) is 32.3. The number of benzene rings is 8. The van der Waals surface area contributed by atoms with E-state index in [0.29, 0.717) is 0 Å². The fraction of sp³-hybridized carbons (Fsp3) is 0. The Morgan fingerprint density at radius 2 is 1.08 bits per heavy atom. The highest BCUT2D eigenvalue weighted by Gasteiger charge is 2.22. The molecule has 0 atom stereocenters. The number of hydrogen-bond donors (Lipinski definition) is 0. The number of furan rings is 1. The Balaban J connectivity index is 1.15. The van der Waals surface area contributed by atoms with Crippen LogP contribution in [0.25, 0.3) is 75.1 Å². The van der Waals surface area contributed by atoms with Crippen molar-refractivity contribution in [2.75, 3.05) is 4.90 Å². The lowest BCUT2D eigenvalue weighted by molar-refractivity contribution is 0.669. The molecule has 0 aliphatic heterocycles. The Morgan fingerprint density at radius 1 is 0.429 bits per heavy atom. The van der Waals surface area contributed by atoms with Crippen molar-refractivity contribution < 1.29 is 4.42 Å². The molecule has 0 unspecified atom stereocenters. The largest absolute Gasteiger partial charge is 0.454 e. The van der Waals surface area contributed by atoms with Crippen LogP contribution in [-0.4, -0.2) is 0 Å². The van der Waals surface area contributed by atoms with Gasteiger partial charge in [-0.15, -0.1) is 11.3 Å². The molecule has 0 fully saturated rings. The molecule has 8 aromatic carbocycles. The van der Waals surface area contributed by atoms with E-state index in [2.05, 4.69) is 175 Å². The number of para-hydroxylation sites is 2. The summed E-state index contributed by atoms with van der Waals surface area (Å²) in [7, 11) is 0. The van der Waals surface area contributed by atoms with Gasteiger partial charge in [-0.2, -0.15) is 0 Å². The lowest BCUT2D eigenvalue weighted by atomic mass is 9.95. The number of rotatable bonds is 5. The molecule has 2 heterocycles. The van der Waals surface area contributed by atoms with Crippen LogP contribution in [0.2, 0.25) is 0 Å². The highest BCUT2D eigenvalue weighted by Crippen LogP contribution is 2.47. The van der Waals surface area contributed by atoms with Crippen LogP contribution >= 0.6 is 11.3 Å². The number of nitrogens with zero attached hydrogens (tertiary/aromatic N) is 1. The third kappa shape index (κ3) is 4.55. The first kappa shape index (κ1) is 27.9. The first-order valence-corrected chi connectivity index (χ1v) is 17.4. The van der Waals surface area contributed by atoms with Crippen molar-refractivity contribution in [3.05, 3.63) is 176 Å². The highest BCUT2D eigenvalue weighted by molar-refractivity contribution is 7.26. The van der Waals surface area contributed by atoms with Gasteiger partial charge in [-0.1, -0.05) is 127 Å². The quantitative estimate of drug-likeness (QED) is 0.186. The van der Waals surface area contributed by atoms with Gasteiger partial charge >= 0.3 is 0 Å². The van der Waals surface area contributed by atoms with Crippen molar-refractivity contribution in [2.24, 2.45) is 0 Å². The number of hydrogen-bond acceptors (Lipinski definition) is 3. The maximum atomic E-state index is 6.63. The molecule has 0 N–H and O–H groups in total. The summed E-state index contributed by atoms with van der Waals surface area (Å²) in [6, 6.07) is 63.2. The van der Waals surface area contributed by atoms with E-state index in [1.54, 1.807) is 0 Å². The van der Waals surface area contributed by atoms with Gasteiger partial charge in [0.05, 0.1) is 11.4 Å². The zero-order valence-corrected chi connectivity index (χ0v) is 27.3. The first-order chi connectivity index (χ1) is 24.3. The molecule has 2 nitrogen and oxygen atoms in total. The first-order valence-electron chi connectivity index (χ1n) is 16.6. The van der Waals surface area contributed by atoms with Crippen LogP contribution in [0.3, 0.4) is 0 Å². The summed E-state index contributed by atoms with van der Waals surface area (Å²) < 4.78 is 9.18. The molecule has 0 spiro atoms. The van der Waals surface area contributed by atoms with E-state index in [-0.39, 0.29) is 0 Å². The number of thiophene rings is 1. The molecular formula is C46H29NOS. The molecule has 49 heavy (non-hydrogen) atoms. The van der Waals surface area contributed by atoms with Gasteiger partial charge < -0.3 is 9.32 Å². The summed E-state index contributed by atoms with van der Waals surface area (Å²) >= 11 is 1.84. The average Bonchev–Trinajstić information content (AvgIpc) is 3.75. The Bertz CT molecular complexity index is 2840. The Labute approximate surface area is 287 Å². The van der Waals surface area contributed by atoms with E-state index in [9.17, 15) is 0 Å². The summed E-state index contributed by atoms with van der Waals surface area (Å²) in [5, 5.41) is 7.28. The molecule has 0 saturated heterocycles. The topological polar surface area (TPSA) is 16.4 Å². The van der Waals surface area contributed by atoms with E-state index in [1.807, 2.05) is 17.4 Å². The van der Waals surface area contributed by atoms with Crippen LogP contribution in [0.1, 0.15) is 0 Å². The molecule has 3 heteroatoms. The Morgan fingerprint density at radius 3 is 2.00 bits per heavy atom. The van der Waals surface area contributed by atoms with E-state index in [0.717, 1.165) is 39.0 Å². The molecule has 0 aliphatic rings. The van der Waals surface area contributed by atoms with E-state index < -0.39 is 0 Å². The molecule has 0 bridgehead atoms. The normalized spacial score (nSPS) is 11.7. The monoisotopic (exact) mass is 643 g/mol. The summed E-state index contributed by atoms with van der Waals surface area (Å²) in [6.07, 6.45) is 0. The van der Waals surface area contributed by atoms with Crippen LogP contribution in [0.5, 0.6) is 0 Å². The Kier molecular flexibility index (Phi) is 6.39. The average molecular weight is 644 g/mol. The van der Waals surface area contributed by atoms with Gasteiger partial charge in [0.25, 0.3) is 0 Å². The summed E-state index contributed by atoms with van der Waals surface area (Å²) in [6.45, 7) is 0. The van der Waals surface area contributed by atoms with Gasteiger partial charge in [-0.3, -0.25) is 0 Å². The van der Waals surface area contributed by atoms with Gasteiger partial charge in [0.2, 0.25) is 0 Å². The van der Waals surface area contributed by atoms with Crippen LogP contribution < -0.4 is 4.90 Å². The van der Waals surface area contributed by atoms with Crippen LogP contribution in [0.15, 0.2) is 180 Å². The molecule has 0 radical (unpaired) electrons. The molecule has 10 aromatic rings. The SMILES string of the molecule is c1cc(-c2ccc(N(c3cccc4c3oc3ccccc34)c3cccc4sc5ccccc5c34)cc2)cc(-c2cccc3ccccc23)c1. The third-order valence-electron chi connectivity index (χ3n) is 9.67. The second-order valence-corrected chi connectivity index (χ2v) is 13.6. The lowest BCUT2D eigenvalue weighted by Gasteiger charge is -2.26. The molecule has 0 amide bonds. The molecule has 230 valence electrons. The molecule has 0 saturated carbocycles. The predicted molar refractivity (Wildman–Crippen MR) is 210 cm³/mol. The van der Waals surface area contributed by atoms with Crippen molar-refractivity contribution in [3.8, 4) is 22.3 Å². The fourth-order valence-corrected chi connectivity index (χ4v) is 8.53. The summed E-state index contributed by atoms with van der Waals surface area (Å²) in [5.41, 5.74) is 9.82. The van der Waals surface area contributed by atoms with Gasteiger partial charge in [0.15, 0.2) is 5.58 Å². The van der Waals surface area contributed by atoms with E-state index in [4.69, 9.17) is 4.42 Å². The minimum absolute atomic E-state index is 0.882. The second-order valence-electron chi connectivity index (χ2n) is 12.5. The van der Waals surface area contributed by atoms with E-state index in [1.165, 1.54) is 53.2 Å². The maximum Gasteiger partial charge on any atom is 0.159 e. The molecular weight excluding hydrogens is 615 g/mol. The standard InChI is InChI=1S/C46H29NOS/c1-2-15-35-31(11-1)12-8-18-36(35)33-14-7-13-32(29-33)30-25-27-34(28-26-30)47(40-20-10-24-44-45(40)39-17-4-6-23-43(39)49-44)41-21-9-19-38-37-16-3-5-22-42(37)48-46(38)41/h1-29H. The number of anilines is 3. The minimum atomic E-state index is 0.882. The maximum absolute atomic E-state index is 6.63. The predicted octanol–water partition coefficient (Wildman–Crippen LogP) is 13.9. The minimum Gasteiger partial charge on any atom is -0.454 e. The van der Waals surface area contributed by atoms with Crippen molar-refractivity contribution in [3.63, 3.8) is 0 Å². The second kappa shape index (κ2) is 11.2. The summed E-state index contributed by atoms with van der Waals surface area (Å²) in [5.74, 6) is 0. The molecule has 10 rings (SSSR count). The third-order valence-corrected chi connectivity index (χ3v) is 10.8. The van der Waals surface area contributed by atoms with Crippen molar-refractivity contribution in [1.29, 1.82) is 0 Å². The molecule has 0 aliphatic carbocycles. The highest BCUT2D eigenvalue weighted by atomic mass is 32.1. The molecule has 2 aromatic heterocycles. The van der Waals surface area contributed by atoms with Crippen LogP contribution in [0.4, 0.5) is 17.1 Å². The lowest BCUT2D eigenvalue weighted by Crippen LogP contribution is -2.10. The van der Waals surface area contributed by atoms with Crippen molar-refractivity contribution >= 4 is 81.3 Å². The van der Waals surface area contributed by atoms with E-state index >= 15 is 0 Å².